The van der Waals surface area contributed by atoms with E-state index >= 15 is 0 Å². The van der Waals surface area contributed by atoms with Crippen molar-refractivity contribution in [2.24, 2.45) is 0 Å². The van der Waals surface area contributed by atoms with Crippen molar-refractivity contribution in [1.82, 2.24) is 0 Å². The topological polar surface area (TPSA) is 32.8 Å². The van der Waals surface area contributed by atoms with Gasteiger partial charge in [-0.05, 0) is 180 Å². The van der Waals surface area contributed by atoms with Gasteiger partial charge in [0.05, 0.1) is 5.56 Å². The van der Waals surface area contributed by atoms with Gasteiger partial charge < -0.3 is 18.6 Å². The molecule has 0 aliphatic rings. The number of fused-ring (bicyclic) bond motifs is 8. The lowest BCUT2D eigenvalue weighted by Gasteiger charge is -2.26. The van der Waals surface area contributed by atoms with Crippen LogP contribution in [0.2, 0.25) is 0 Å². The molecule has 0 aliphatic carbocycles. The van der Waals surface area contributed by atoms with Crippen LogP contribution >= 0.6 is 0 Å². The second kappa shape index (κ2) is 14.8. The van der Waals surface area contributed by atoms with E-state index in [-0.39, 0.29) is 0 Å². The van der Waals surface area contributed by atoms with Crippen molar-refractivity contribution < 1.29 is 8.83 Å². The van der Waals surface area contributed by atoms with E-state index < -0.39 is 0 Å². The van der Waals surface area contributed by atoms with Crippen LogP contribution in [-0.4, -0.2) is 0 Å². The van der Waals surface area contributed by atoms with E-state index in [1.807, 2.05) is 0 Å². The molecular formula is C60H44N2O2. The first-order valence-corrected chi connectivity index (χ1v) is 22.0. The smallest absolute Gasteiger partial charge is 0.147 e. The van der Waals surface area contributed by atoms with Gasteiger partial charge in [0, 0.05) is 55.7 Å². The van der Waals surface area contributed by atoms with Crippen LogP contribution in [0.1, 0.15) is 22.3 Å². The Morgan fingerprint density at radius 1 is 0.297 bits per heavy atom. The Morgan fingerprint density at radius 2 is 0.703 bits per heavy atom. The monoisotopic (exact) mass is 824 g/mol. The van der Waals surface area contributed by atoms with E-state index in [0.717, 1.165) is 111 Å². The van der Waals surface area contributed by atoms with Crippen molar-refractivity contribution in [3.63, 3.8) is 0 Å². The van der Waals surface area contributed by atoms with E-state index in [0.29, 0.717) is 0 Å². The molecule has 2 heterocycles. The summed E-state index contributed by atoms with van der Waals surface area (Å²) in [4.78, 5) is 4.67. The van der Waals surface area contributed by atoms with Crippen LogP contribution in [0.5, 0.6) is 0 Å². The number of rotatable bonds is 7. The number of aryl methyl sites for hydroxylation is 4. The summed E-state index contributed by atoms with van der Waals surface area (Å²) in [6.07, 6.45) is 0. The van der Waals surface area contributed by atoms with E-state index in [4.69, 9.17) is 8.83 Å². The van der Waals surface area contributed by atoms with Crippen molar-refractivity contribution in [3.8, 4) is 11.1 Å². The highest BCUT2D eigenvalue weighted by molar-refractivity contribution is 6.24. The van der Waals surface area contributed by atoms with Gasteiger partial charge in [0.15, 0.2) is 0 Å². The molecule has 10 aromatic carbocycles. The highest BCUT2D eigenvalue weighted by Crippen LogP contribution is 2.47. The number of furan rings is 2. The molecule has 0 bridgehead atoms. The fraction of sp³-hybridized carbons (Fsp3) is 0.0667. The zero-order valence-electron chi connectivity index (χ0n) is 36.2. The third kappa shape index (κ3) is 6.37. The third-order valence-corrected chi connectivity index (χ3v) is 12.6. The predicted octanol–water partition coefficient (Wildman–Crippen LogP) is 17.6. The van der Waals surface area contributed by atoms with Crippen LogP contribution in [0.15, 0.2) is 203 Å². The summed E-state index contributed by atoms with van der Waals surface area (Å²) in [6.45, 7) is 8.64. The van der Waals surface area contributed by atoms with Crippen LogP contribution < -0.4 is 9.80 Å². The maximum Gasteiger partial charge on any atom is 0.147 e. The Bertz CT molecular complexity index is 3500. The molecule has 0 unspecified atom stereocenters. The normalized spacial score (nSPS) is 11.8. The molecule has 0 saturated heterocycles. The molecule has 0 atom stereocenters. The molecule has 0 saturated carbocycles. The van der Waals surface area contributed by atoms with Gasteiger partial charge in [0.1, 0.15) is 22.3 Å². The second-order valence-corrected chi connectivity index (χ2v) is 17.4. The van der Waals surface area contributed by atoms with E-state index in [2.05, 4.69) is 232 Å². The number of anilines is 6. The van der Waals surface area contributed by atoms with E-state index in [1.165, 1.54) is 22.3 Å². The molecule has 12 aromatic rings. The molecule has 0 fully saturated rings. The minimum absolute atomic E-state index is 0.822. The lowest BCUT2D eigenvalue weighted by molar-refractivity contribution is 0.658. The number of benzene rings is 10. The molecular weight excluding hydrogens is 781 g/mol. The largest absolute Gasteiger partial charge is 0.455 e. The Hall–Kier alpha value is -8.08. The number of hydrogen-bond donors (Lipinski definition) is 0. The number of hydrogen-bond acceptors (Lipinski definition) is 4. The summed E-state index contributed by atoms with van der Waals surface area (Å²) in [5.74, 6) is 0. The molecule has 0 amide bonds. The zero-order chi connectivity index (χ0) is 43.1. The van der Waals surface area contributed by atoms with Gasteiger partial charge in [-0.15, -0.1) is 0 Å². The molecule has 0 radical (unpaired) electrons. The number of para-hydroxylation sites is 2. The van der Waals surface area contributed by atoms with Crippen molar-refractivity contribution in [1.29, 1.82) is 0 Å². The van der Waals surface area contributed by atoms with Crippen LogP contribution in [0.4, 0.5) is 34.1 Å². The van der Waals surface area contributed by atoms with Gasteiger partial charge in [0.2, 0.25) is 0 Å². The van der Waals surface area contributed by atoms with Gasteiger partial charge in [-0.3, -0.25) is 0 Å². The maximum absolute atomic E-state index is 6.99. The van der Waals surface area contributed by atoms with Crippen molar-refractivity contribution >= 4 is 99.5 Å². The van der Waals surface area contributed by atoms with Gasteiger partial charge in [-0.2, -0.15) is 0 Å². The highest BCUT2D eigenvalue weighted by atomic mass is 16.3. The average Bonchev–Trinajstić information content (AvgIpc) is 3.83. The van der Waals surface area contributed by atoms with E-state index in [1.54, 1.807) is 0 Å². The summed E-state index contributed by atoms with van der Waals surface area (Å²) < 4.78 is 14.0. The zero-order valence-corrected chi connectivity index (χ0v) is 36.2. The predicted molar refractivity (Wildman–Crippen MR) is 270 cm³/mol. The molecule has 2 aromatic heterocycles. The van der Waals surface area contributed by atoms with Gasteiger partial charge >= 0.3 is 0 Å². The summed E-state index contributed by atoms with van der Waals surface area (Å²) in [7, 11) is 0. The highest BCUT2D eigenvalue weighted by Gasteiger charge is 2.23. The summed E-state index contributed by atoms with van der Waals surface area (Å²) in [5.41, 5.74) is 16.9. The molecule has 306 valence electrons. The first-order chi connectivity index (χ1) is 31.3. The molecule has 4 heteroatoms. The fourth-order valence-electron chi connectivity index (χ4n) is 9.95. The first kappa shape index (κ1) is 37.7. The fourth-order valence-corrected chi connectivity index (χ4v) is 9.95. The molecule has 0 aliphatic heterocycles. The summed E-state index contributed by atoms with van der Waals surface area (Å²) in [5, 5.41) is 8.82. The van der Waals surface area contributed by atoms with Gasteiger partial charge in [0.25, 0.3) is 0 Å². The quantitative estimate of drug-likeness (QED) is 0.160. The first-order valence-electron chi connectivity index (χ1n) is 22.0. The second-order valence-electron chi connectivity index (χ2n) is 17.4. The minimum atomic E-state index is 0.822. The molecule has 4 nitrogen and oxygen atoms in total. The molecule has 0 N–H and O–H groups in total. The Kier molecular flexibility index (Phi) is 8.70. The standard InChI is InChI=1S/C60H44N2O2/c1-37-24-38(2)27-50(26-37)61(46-16-10-6-11-17-46)48-22-20-42-32-52-54-36-55-53-33-43-21-23-49(62(47-18-12-7-13-19-47)51-28-39(3)25-40(4)29-51)31-45(43)35-57(53)64-60(55)58(41-14-8-5-9-15-41)59(54)63-56(52)34-44(42)30-48/h5-36H,1-4H3. The lowest BCUT2D eigenvalue weighted by Crippen LogP contribution is -2.10. The third-order valence-electron chi connectivity index (χ3n) is 12.6. The van der Waals surface area contributed by atoms with Gasteiger partial charge in [-0.1, -0.05) is 91.0 Å². The van der Waals surface area contributed by atoms with Gasteiger partial charge in [-0.25, -0.2) is 0 Å². The van der Waals surface area contributed by atoms with Crippen molar-refractivity contribution in [2.45, 2.75) is 27.7 Å². The maximum atomic E-state index is 6.99. The van der Waals surface area contributed by atoms with Crippen LogP contribution in [0.3, 0.4) is 0 Å². The van der Waals surface area contributed by atoms with Crippen molar-refractivity contribution in [2.75, 3.05) is 9.80 Å². The lowest BCUT2D eigenvalue weighted by atomic mass is 9.97. The molecule has 0 spiro atoms. The van der Waals surface area contributed by atoms with Crippen LogP contribution in [0.25, 0.3) is 76.5 Å². The SMILES string of the molecule is Cc1cc(C)cc(N(c2ccccc2)c2ccc3cc4c(cc3c2)oc2c(-c3ccccc3)c3oc5cc6cc(N(c7ccccc7)c7cc(C)cc(C)c7)ccc6cc5c3cc24)c1. The minimum Gasteiger partial charge on any atom is -0.455 e. The Balaban J connectivity index is 1.03. The Labute approximate surface area is 371 Å². The average molecular weight is 825 g/mol. The van der Waals surface area contributed by atoms with Crippen LogP contribution in [0, 0.1) is 27.7 Å². The van der Waals surface area contributed by atoms with E-state index in [9.17, 15) is 0 Å². The molecule has 64 heavy (non-hydrogen) atoms. The summed E-state index contributed by atoms with van der Waals surface area (Å²) >= 11 is 0. The summed E-state index contributed by atoms with van der Waals surface area (Å²) in [6, 6.07) is 69.9. The molecule has 12 rings (SSSR count). The van der Waals surface area contributed by atoms with Crippen LogP contribution in [-0.2, 0) is 0 Å². The number of nitrogens with zero attached hydrogens (tertiary/aromatic N) is 2. The Morgan fingerprint density at radius 3 is 1.12 bits per heavy atom. The van der Waals surface area contributed by atoms with Crippen molar-refractivity contribution in [3.05, 3.63) is 216 Å².